The zero-order valence-electron chi connectivity index (χ0n) is 18.4. The molecule has 0 spiro atoms. The maximum absolute atomic E-state index is 13.6. The Morgan fingerprint density at radius 3 is 2.68 bits per heavy atom. The highest BCUT2D eigenvalue weighted by atomic mass is 32.2. The van der Waals surface area contributed by atoms with E-state index >= 15 is 0 Å². The van der Waals surface area contributed by atoms with Crippen molar-refractivity contribution >= 4 is 21.4 Å². The van der Waals surface area contributed by atoms with E-state index in [9.17, 15) is 17.2 Å². The van der Waals surface area contributed by atoms with E-state index in [4.69, 9.17) is 4.74 Å². The molecule has 180 valence electrons. The van der Waals surface area contributed by atoms with Crippen LogP contribution in [0.2, 0.25) is 0 Å². The summed E-state index contributed by atoms with van der Waals surface area (Å²) in [6.07, 6.45) is 3.49. The molecule has 0 saturated carbocycles. The number of ether oxygens (including phenoxy) is 1. The van der Waals surface area contributed by atoms with Crippen molar-refractivity contribution in [2.24, 2.45) is 5.92 Å². The third kappa shape index (κ3) is 4.71. The number of piperidine rings is 1. The zero-order valence-corrected chi connectivity index (χ0v) is 20.1. The number of sulfone groups is 1. The summed E-state index contributed by atoms with van der Waals surface area (Å²) in [4.78, 5) is 6.52. The van der Waals surface area contributed by atoms with Gasteiger partial charge in [-0.2, -0.15) is 4.37 Å². The van der Waals surface area contributed by atoms with E-state index < -0.39 is 9.84 Å². The number of halogens is 2. The number of alkyl halides is 1. The molecule has 0 aliphatic carbocycles. The minimum Gasteiger partial charge on any atom is -0.493 e. The summed E-state index contributed by atoms with van der Waals surface area (Å²) in [6.45, 7) is 0.792. The lowest BCUT2D eigenvalue weighted by molar-refractivity contribution is 0.0394. The van der Waals surface area contributed by atoms with Gasteiger partial charge in [-0.3, -0.25) is 9.29 Å². The van der Waals surface area contributed by atoms with Gasteiger partial charge in [0.2, 0.25) is 0 Å². The summed E-state index contributed by atoms with van der Waals surface area (Å²) in [5.74, 6) is 0.0221. The smallest absolute Gasteiger partial charge is 0.185 e. The summed E-state index contributed by atoms with van der Waals surface area (Å²) >= 11 is 1.07. The molecule has 2 aliphatic heterocycles. The topological polar surface area (TPSA) is 72.4 Å². The Morgan fingerprint density at radius 2 is 1.94 bits per heavy atom. The van der Waals surface area contributed by atoms with Crippen LogP contribution in [0.4, 0.5) is 8.78 Å². The van der Waals surface area contributed by atoms with Crippen molar-refractivity contribution in [3.05, 3.63) is 70.7 Å². The predicted octanol–water partition coefficient (Wildman–Crippen LogP) is 4.90. The molecular formula is C24H25F2N3O3S2. The second-order valence-electron chi connectivity index (χ2n) is 8.80. The van der Waals surface area contributed by atoms with E-state index in [0.717, 1.165) is 35.5 Å². The molecular weight excluding hydrogens is 480 g/mol. The fraction of sp³-hybridized carbons (Fsp3) is 0.417. The fourth-order valence-corrected chi connectivity index (χ4v) is 7.09. The van der Waals surface area contributed by atoms with E-state index in [1.54, 1.807) is 24.3 Å². The van der Waals surface area contributed by atoms with Crippen LogP contribution >= 0.6 is 11.5 Å². The molecule has 1 fully saturated rings. The number of aromatic nitrogens is 2. The Kier molecular flexibility index (Phi) is 6.63. The lowest BCUT2D eigenvalue weighted by Gasteiger charge is -2.45. The van der Waals surface area contributed by atoms with E-state index in [1.807, 2.05) is 6.07 Å². The molecule has 34 heavy (non-hydrogen) atoms. The van der Waals surface area contributed by atoms with Gasteiger partial charge in [-0.1, -0.05) is 18.2 Å². The van der Waals surface area contributed by atoms with Crippen molar-refractivity contribution in [3.63, 3.8) is 0 Å². The van der Waals surface area contributed by atoms with Crippen LogP contribution in [-0.2, 0) is 15.6 Å². The molecule has 0 unspecified atom stereocenters. The van der Waals surface area contributed by atoms with E-state index in [-0.39, 0.29) is 41.1 Å². The number of likely N-dealkylation sites (tertiary alicyclic amines) is 1. The molecule has 10 heteroatoms. The van der Waals surface area contributed by atoms with Crippen LogP contribution in [0, 0.1) is 11.7 Å². The van der Waals surface area contributed by atoms with Gasteiger partial charge >= 0.3 is 0 Å². The van der Waals surface area contributed by atoms with E-state index in [1.165, 1.54) is 18.5 Å². The molecule has 0 bridgehead atoms. The first-order valence-corrected chi connectivity index (χ1v) is 13.7. The van der Waals surface area contributed by atoms with E-state index in [0.29, 0.717) is 30.3 Å². The van der Waals surface area contributed by atoms with Gasteiger partial charge in [0.25, 0.3) is 0 Å². The van der Waals surface area contributed by atoms with Crippen LogP contribution in [0.5, 0.6) is 5.75 Å². The highest BCUT2D eigenvalue weighted by Crippen LogP contribution is 2.45. The summed E-state index contributed by atoms with van der Waals surface area (Å²) in [7, 11) is -3.59. The number of benzene rings is 2. The Bertz CT molecular complexity index is 1240. The molecule has 3 atom stereocenters. The average Bonchev–Trinajstić information content (AvgIpc) is 3.36. The van der Waals surface area contributed by atoms with Crippen molar-refractivity contribution in [1.29, 1.82) is 0 Å². The molecule has 0 radical (unpaired) electrons. The summed E-state index contributed by atoms with van der Waals surface area (Å²) in [5.41, 5.74) is 1.88. The normalized spacial score (nSPS) is 23.3. The lowest BCUT2D eigenvalue weighted by Crippen LogP contribution is -2.41. The second kappa shape index (κ2) is 9.67. The van der Waals surface area contributed by atoms with Crippen LogP contribution < -0.4 is 4.74 Å². The lowest BCUT2D eigenvalue weighted by atomic mass is 9.85. The molecule has 1 saturated heterocycles. The Balaban J connectivity index is 1.45. The van der Waals surface area contributed by atoms with Crippen molar-refractivity contribution in [3.8, 4) is 5.75 Å². The molecule has 0 amide bonds. The number of nitrogens with zero attached hydrogens (tertiary/aromatic N) is 3. The van der Waals surface area contributed by atoms with Gasteiger partial charge in [-0.15, -0.1) is 0 Å². The third-order valence-electron chi connectivity index (χ3n) is 6.70. The van der Waals surface area contributed by atoms with Gasteiger partial charge in [0.05, 0.1) is 18.2 Å². The predicted molar refractivity (Wildman–Crippen MR) is 125 cm³/mol. The van der Waals surface area contributed by atoms with Gasteiger partial charge in [-0.05, 0) is 66.7 Å². The molecule has 6 nitrogen and oxygen atoms in total. The van der Waals surface area contributed by atoms with Crippen LogP contribution in [0.3, 0.4) is 0 Å². The Hall–Kier alpha value is -2.43. The average molecular weight is 506 g/mol. The second-order valence-corrected chi connectivity index (χ2v) is 11.7. The molecule has 2 aromatic carbocycles. The molecule has 1 aromatic heterocycles. The summed E-state index contributed by atoms with van der Waals surface area (Å²) < 4.78 is 62.7. The Morgan fingerprint density at radius 1 is 1.12 bits per heavy atom. The minimum atomic E-state index is -3.59. The van der Waals surface area contributed by atoms with Gasteiger partial charge < -0.3 is 4.74 Å². The minimum absolute atomic E-state index is 0.000666. The van der Waals surface area contributed by atoms with Crippen LogP contribution in [0.1, 0.15) is 47.5 Å². The zero-order chi connectivity index (χ0) is 23.7. The number of rotatable bonds is 6. The summed E-state index contributed by atoms with van der Waals surface area (Å²) in [6, 6.07) is 11.4. The van der Waals surface area contributed by atoms with Gasteiger partial charge in [0.1, 0.15) is 28.7 Å². The molecule has 0 N–H and O–H groups in total. The molecule has 5 rings (SSSR count). The molecule has 3 aromatic rings. The van der Waals surface area contributed by atoms with Gasteiger partial charge in [0, 0.05) is 24.1 Å². The summed E-state index contributed by atoms with van der Waals surface area (Å²) in [5, 5.41) is 0.439. The standard InChI is InChI=1S/C24H25F2N3O3S2/c25-13-16-7-9-29(22(11-16)17-1-3-18(26)4-2-17)21-8-10-32-23-12-19(5-6-20(21)23)34(30,31)14-24-27-15-28-33-24/h1-6,12,15-16,21-22H,7-11,13-14H2/t16-,21-,22+/m0/s1. The van der Waals surface area contributed by atoms with Gasteiger partial charge in [-0.25, -0.2) is 17.8 Å². The first-order chi connectivity index (χ1) is 16.4. The monoisotopic (exact) mass is 505 g/mol. The van der Waals surface area contributed by atoms with Crippen molar-refractivity contribution in [1.82, 2.24) is 14.3 Å². The van der Waals surface area contributed by atoms with Crippen LogP contribution in [0.25, 0.3) is 0 Å². The highest BCUT2D eigenvalue weighted by Gasteiger charge is 2.37. The first kappa shape index (κ1) is 23.3. The SMILES string of the molecule is O=S(=O)(Cc1ncns1)c1ccc2c(c1)OCC[C@@H]2N1CC[C@H](CF)C[C@@H]1c1ccc(F)cc1. The molecule has 2 aliphatic rings. The maximum Gasteiger partial charge on any atom is 0.185 e. The van der Waals surface area contributed by atoms with Crippen LogP contribution in [-0.4, -0.2) is 42.5 Å². The fourth-order valence-electron chi connectivity index (χ4n) is 4.98. The van der Waals surface area contributed by atoms with Crippen molar-refractivity contribution < 1.29 is 21.9 Å². The van der Waals surface area contributed by atoms with Crippen molar-refractivity contribution in [2.75, 3.05) is 19.8 Å². The number of hydrogen-bond donors (Lipinski definition) is 0. The number of hydrogen-bond acceptors (Lipinski definition) is 7. The van der Waals surface area contributed by atoms with Crippen LogP contribution in [0.15, 0.2) is 53.7 Å². The highest BCUT2D eigenvalue weighted by molar-refractivity contribution is 7.90. The van der Waals surface area contributed by atoms with Gasteiger partial charge in [0.15, 0.2) is 9.84 Å². The maximum atomic E-state index is 13.6. The number of fused-ring (bicyclic) bond motifs is 1. The third-order valence-corrected chi connectivity index (χ3v) is 9.17. The van der Waals surface area contributed by atoms with Crippen molar-refractivity contribution in [2.45, 2.75) is 42.0 Å². The Labute approximate surface area is 201 Å². The first-order valence-electron chi connectivity index (χ1n) is 11.3. The largest absolute Gasteiger partial charge is 0.493 e. The quantitative estimate of drug-likeness (QED) is 0.475. The van der Waals surface area contributed by atoms with E-state index in [2.05, 4.69) is 14.3 Å². The molecule has 3 heterocycles.